The Labute approximate surface area is 134 Å². The molecule has 0 unspecified atom stereocenters. The van der Waals surface area contributed by atoms with Crippen LogP contribution in [-0.4, -0.2) is 10.9 Å². The fourth-order valence-corrected chi connectivity index (χ4v) is 3.31. The minimum absolute atomic E-state index is 0.00803. The fourth-order valence-electron chi connectivity index (χ4n) is 3.31. The van der Waals surface area contributed by atoms with Gasteiger partial charge in [-0.25, -0.2) is 0 Å². The summed E-state index contributed by atoms with van der Waals surface area (Å²) < 4.78 is 0. The third-order valence-corrected chi connectivity index (χ3v) is 4.46. The van der Waals surface area contributed by atoms with Crippen LogP contribution in [0.3, 0.4) is 0 Å². The Morgan fingerprint density at radius 2 is 1.65 bits per heavy atom. The molecule has 1 aliphatic carbocycles. The molecular formula is C21H16O2. The van der Waals surface area contributed by atoms with Crippen molar-refractivity contribution in [3.05, 3.63) is 82.9 Å². The predicted octanol–water partition coefficient (Wildman–Crippen LogP) is 4.54. The van der Waals surface area contributed by atoms with Crippen molar-refractivity contribution in [3.63, 3.8) is 0 Å². The average Bonchev–Trinajstić information content (AvgIpc) is 3.00. The van der Waals surface area contributed by atoms with E-state index in [-0.39, 0.29) is 11.5 Å². The Balaban J connectivity index is 1.72. The molecule has 0 bridgehead atoms. The average molecular weight is 300 g/mol. The third kappa shape index (κ3) is 2.42. The van der Waals surface area contributed by atoms with Crippen LogP contribution in [0.4, 0.5) is 0 Å². The van der Waals surface area contributed by atoms with Gasteiger partial charge in [0.15, 0.2) is 5.78 Å². The molecule has 0 amide bonds. The van der Waals surface area contributed by atoms with Crippen molar-refractivity contribution in [2.75, 3.05) is 0 Å². The first-order chi connectivity index (χ1) is 11.2. The minimum atomic E-state index is 0.00803. The first kappa shape index (κ1) is 13.8. The second kappa shape index (κ2) is 5.40. The smallest absolute Gasteiger partial charge is 0.186 e. The predicted molar refractivity (Wildman–Crippen MR) is 92.8 cm³/mol. The van der Waals surface area contributed by atoms with E-state index in [1.165, 1.54) is 16.5 Å². The summed E-state index contributed by atoms with van der Waals surface area (Å²) in [6.45, 7) is 0. The fraction of sp³-hybridized carbons (Fsp3) is 0.0952. The van der Waals surface area contributed by atoms with E-state index in [1.807, 2.05) is 18.2 Å². The van der Waals surface area contributed by atoms with Crippen LogP contribution in [0.1, 0.15) is 27.0 Å². The lowest BCUT2D eigenvalue weighted by atomic mass is 9.97. The molecule has 1 aliphatic rings. The minimum Gasteiger partial charge on any atom is -0.508 e. The molecule has 0 radical (unpaired) electrons. The van der Waals surface area contributed by atoms with Gasteiger partial charge in [0, 0.05) is 5.56 Å². The maximum absolute atomic E-state index is 12.6. The van der Waals surface area contributed by atoms with Crippen LogP contribution in [0, 0.1) is 0 Å². The summed E-state index contributed by atoms with van der Waals surface area (Å²) >= 11 is 0. The highest BCUT2D eigenvalue weighted by Crippen LogP contribution is 2.33. The molecule has 0 saturated heterocycles. The normalized spacial score (nSPS) is 13.0. The van der Waals surface area contributed by atoms with Crippen LogP contribution in [0.15, 0.2) is 60.7 Å². The van der Waals surface area contributed by atoms with Gasteiger partial charge in [-0.15, -0.1) is 0 Å². The number of phenols is 1. The van der Waals surface area contributed by atoms with Crippen LogP contribution < -0.4 is 0 Å². The zero-order chi connectivity index (χ0) is 15.8. The maximum atomic E-state index is 12.6. The van der Waals surface area contributed by atoms with Gasteiger partial charge < -0.3 is 5.11 Å². The molecule has 0 aliphatic heterocycles. The van der Waals surface area contributed by atoms with Gasteiger partial charge >= 0.3 is 0 Å². The Morgan fingerprint density at radius 3 is 2.43 bits per heavy atom. The molecule has 0 spiro atoms. The monoisotopic (exact) mass is 300 g/mol. The summed E-state index contributed by atoms with van der Waals surface area (Å²) in [7, 11) is 0. The number of carbonyl (C=O) groups is 1. The molecular weight excluding hydrogens is 284 g/mol. The first-order valence-corrected chi connectivity index (χ1v) is 7.77. The van der Waals surface area contributed by atoms with Gasteiger partial charge in [0.1, 0.15) is 5.75 Å². The summed E-state index contributed by atoms with van der Waals surface area (Å²) in [6.07, 6.45) is 5.51. The van der Waals surface area contributed by atoms with Crippen LogP contribution in [-0.2, 0) is 12.8 Å². The molecule has 2 nitrogen and oxygen atoms in total. The second-order valence-corrected chi connectivity index (χ2v) is 5.90. The highest BCUT2D eigenvalue weighted by molar-refractivity contribution is 6.15. The summed E-state index contributed by atoms with van der Waals surface area (Å²) in [5.41, 5.74) is 4.33. The molecule has 0 saturated carbocycles. The van der Waals surface area contributed by atoms with E-state index in [0.717, 1.165) is 29.4 Å². The number of phenolic OH excluding ortho intramolecular Hbond substituents is 1. The Kier molecular flexibility index (Phi) is 3.23. The largest absolute Gasteiger partial charge is 0.508 e. The Hall–Kier alpha value is -2.87. The Bertz CT molecular complexity index is 924. The van der Waals surface area contributed by atoms with E-state index >= 15 is 0 Å². The SMILES string of the molecule is O=C(/C=C\c1ccc(O)cc1)c1ccc2c3c(cccc13)CC2. The molecule has 4 rings (SSSR count). The van der Waals surface area contributed by atoms with Crippen molar-refractivity contribution in [1.82, 2.24) is 0 Å². The van der Waals surface area contributed by atoms with E-state index < -0.39 is 0 Å². The van der Waals surface area contributed by atoms with Crippen LogP contribution in [0.2, 0.25) is 0 Å². The van der Waals surface area contributed by atoms with Gasteiger partial charge in [-0.2, -0.15) is 0 Å². The highest BCUT2D eigenvalue weighted by atomic mass is 16.3. The van der Waals surface area contributed by atoms with Gasteiger partial charge in [-0.05, 0) is 58.5 Å². The van der Waals surface area contributed by atoms with Gasteiger partial charge in [0.25, 0.3) is 0 Å². The lowest BCUT2D eigenvalue weighted by molar-refractivity contribution is 0.104. The first-order valence-electron chi connectivity index (χ1n) is 7.77. The van der Waals surface area contributed by atoms with E-state index in [0.29, 0.717) is 0 Å². The molecule has 0 atom stereocenters. The van der Waals surface area contributed by atoms with Crippen LogP contribution in [0.25, 0.3) is 16.8 Å². The quantitative estimate of drug-likeness (QED) is 0.569. The number of allylic oxidation sites excluding steroid dienone is 1. The molecule has 0 aromatic heterocycles. The standard InChI is InChI=1S/C21H16O2/c22-17-10-4-14(5-11-17)6-13-20(23)18-12-9-16-8-7-15-2-1-3-19(18)21(15)16/h1-6,9-13,22H,7-8H2/b13-6-. The number of hydrogen-bond donors (Lipinski definition) is 1. The zero-order valence-corrected chi connectivity index (χ0v) is 12.6. The van der Waals surface area contributed by atoms with Crippen molar-refractivity contribution in [2.24, 2.45) is 0 Å². The molecule has 23 heavy (non-hydrogen) atoms. The zero-order valence-electron chi connectivity index (χ0n) is 12.6. The summed E-state index contributed by atoms with van der Waals surface area (Å²) in [4.78, 5) is 12.6. The highest BCUT2D eigenvalue weighted by Gasteiger charge is 2.17. The molecule has 0 fully saturated rings. The molecule has 1 N–H and O–H groups in total. The molecule has 3 aromatic rings. The number of ketones is 1. The molecule has 3 aromatic carbocycles. The Morgan fingerprint density at radius 1 is 0.913 bits per heavy atom. The molecule has 112 valence electrons. The number of hydrogen-bond acceptors (Lipinski definition) is 2. The number of aromatic hydroxyl groups is 1. The van der Waals surface area contributed by atoms with E-state index in [1.54, 1.807) is 36.4 Å². The summed E-state index contributed by atoms with van der Waals surface area (Å²) in [6, 6.07) is 17.0. The van der Waals surface area contributed by atoms with Gasteiger partial charge in [0.2, 0.25) is 0 Å². The van der Waals surface area contributed by atoms with Gasteiger partial charge in [0.05, 0.1) is 0 Å². The number of benzene rings is 3. The van der Waals surface area contributed by atoms with Gasteiger partial charge in [-0.1, -0.05) is 48.5 Å². The van der Waals surface area contributed by atoms with Crippen LogP contribution in [0.5, 0.6) is 5.75 Å². The van der Waals surface area contributed by atoms with E-state index in [2.05, 4.69) is 12.1 Å². The summed E-state index contributed by atoms with van der Waals surface area (Å²) in [5, 5.41) is 11.6. The third-order valence-electron chi connectivity index (χ3n) is 4.46. The van der Waals surface area contributed by atoms with Crippen molar-refractivity contribution in [1.29, 1.82) is 0 Å². The number of carbonyl (C=O) groups excluding carboxylic acids is 1. The summed E-state index contributed by atoms with van der Waals surface area (Å²) in [5.74, 6) is 0.231. The lowest BCUT2D eigenvalue weighted by Crippen LogP contribution is -1.96. The molecule has 2 heteroatoms. The topological polar surface area (TPSA) is 37.3 Å². The van der Waals surface area contributed by atoms with Crippen LogP contribution >= 0.6 is 0 Å². The van der Waals surface area contributed by atoms with Crippen molar-refractivity contribution < 1.29 is 9.90 Å². The van der Waals surface area contributed by atoms with E-state index in [4.69, 9.17) is 0 Å². The van der Waals surface area contributed by atoms with Crippen molar-refractivity contribution in [3.8, 4) is 5.75 Å². The maximum Gasteiger partial charge on any atom is 0.186 e. The molecule has 0 heterocycles. The van der Waals surface area contributed by atoms with Crippen molar-refractivity contribution >= 4 is 22.6 Å². The van der Waals surface area contributed by atoms with E-state index in [9.17, 15) is 9.90 Å². The number of rotatable bonds is 3. The number of aryl methyl sites for hydroxylation is 2. The lowest BCUT2D eigenvalue weighted by Gasteiger charge is -2.06. The van der Waals surface area contributed by atoms with Gasteiger partial charge in [-0.3, -0.25) is 4.79 Å². The second-order valence-electron chi connectivity index (χ2n) is 5.90. The van der Waals surface area contributed by atoms with Crippen molar-refractivity contribution in [2.45, 2.75) is 12.8 Å².